The van der Waals surface area contributed by atoms with Crippen molar-refractivity contribution in [3.8, 4) is 0 Å². The summed E-state index contributed by atoms with van der Waals surface area (Å²) < 4.78 is 2.47. The van der Waals surface area contributed by atoms with Gasteiger partial charge >= 0.3 is 0 Å². The Hall–Kier alpha value is -3.20. The Morgan fingerprint density at radius 2 is 1.72 bits per heavy atom. The molecular weight excluding hydrogens is 354 g/mol. The maximum absolute atomic E-state index is 4.78. The van der Waals surface area contributed by atoms with Crippen molar-refractivity contribution in [3.63, 3.8) is 0 Å². The summed E-state index contributed by atoms with van der Waals surface area (Å²) in [5.74, 6) is 0.582. The van der Waals surface area contributed by atoms with Gasteiger partial charge in [-0.25, -0.2) is 9.97 Å². The Kier molecular flexibility index (Phi) is 3.27. The van der Waals surface area contributed by atoms with Gasteiger partial charge in [-0.15, -0.1) is 0 Å². The van der Waals surface area contributed by atoms with E-state index < -0.39 is 0 Å². The van der Waals surface area contributed by atoms with Crippen LogP contribution in [0.2, 0.25) is 0 Å². The number of hydrogen-bond acceptors (Lipinski definition) is 2. The number of para-hydroxylation sites is 1. The molecule has 6 aromatic rings. The molecule has 0 N–H and O–H groups in total. The molecule has 3 aromatic carbocycles. The Morgan fingerprint density at radius 1 is 0.897 bits per heavy atom. The average Bonchev–Trinajstić information content (AvgIpc) is 3.03. The van der Waals surface area contributed by atoms with Crippen molar-refractivity contribution in [1.29, 1.82) is 0 Å². The summed E-state index contributed by atoms with van der Waals surface area (Å²) in [5, 5.41) is 5.08. The molecular formula is C26H23N3. The van der Waals surface area contributed by atoms with E-state index in [2.05, 4.69) is 74.6 Å². The molecule has 0 aliphatic rings. The molecule has 0 atom stereocenters. The van der Waals surface area contributed by atoms with Crippen LogP contribution in [0.4, 0.5) is 0 Å². The van der Waals surface area contributed by atoms with Crippen molar-refractivity contribution in [2.75, 3.05) is 0 Å². The molecule has 3 aromatic heterocycles. The van der Waals surface area contributed by atoms with Crippen molar-refractivity contribution in [2.45, 2.75) is 34.1 Å². The maximum Gasteiger partial charge on any atom is 0.116 e. The number of pyridine rings is 1. The van der Waals surface area contributed by atoms with Gasteiger partial charge in [-0.3, -0.25) is 0 Å². The zero-order valence-corrected chi connectivity index (χ0v) is 17.2. The number of rotatable bonds is 2. The van der Waals surface area contributed by atoms with E-state index in [1.807, 2.05) is 0 Å². The van der Waals surface area contributed by atoms with Crippen LogP contribution in [-0.2, 0) is 6.42 Å². The lowest BCUT2D eigenvalue weighted by atomic mass is 9.94. The van der Waals surface area contributed by atoms with Crippen LogP contribution in [0, 0.1) is 19.8 Å². The summed E-state index contributed by atoms with van der Waals surface area (Å²) >= 11 is 0. The van der Waals surface area contributed by atoms with E-state index in [9.17, 15) is 0 Å². The van der Waals surface area contributed by atoms with E-state index in [0.717, 1.165) is 17.5 Å². The first-order valence-corrected chi connectivity index (χ1v) is 10.4. The van der Waals surface area contributed by atoms with Crippen LogP contribution in [0.1, 0.15) is 30.5 Å². The van der Waals surface area contributed by atoms with E-state index in [0.29, 0.717) is 5.92 Å². The second kappa shape index (κ2) is 5.66. The Bertz CT molecular complexity index is 1570. The topological polar surface area (TPSA) is 30.2 Å². The van der Waals surface area contributed by atoms with Gasteiger partial charge in [0.15, 0.2) is 0 Å². The van der Waals surface area contributed by atoms with Crippen molar-refractivity contribution >= 4 is 49.1 Å². The molecule has 0 aliphatic heterocycles. The molecule has 3 heteroatoms. The predicted octanol–water partition coefficient (Wildman–Crippen LogP) is 6.60. The first-order chi connectivity index (χ1) is 14.0. The first-order valence-electron chi connectivity index (χ1n) is 10.4. The number of fused-ring (bicyclic) bond motifs is 6. The van der Waals surface area contributed by atoms with E-state index in [1.54, 1.807) is 6.33 Å². The number of benzene rings is 3. The van der Waals surface area contributed by atoms with Gasteiger partial charge in [0, 0.05) is 16.2 Å². The number of aryl methyl sites for hydroxylation is 2. The van der Waals surface area contributed by atoms with Crippen LogP contribution in [0.3, 0.4) is 0 Å². The Labute approximate surface area is 169 Å². The van der Waals surface area contributed by atoms with Crippen molar-refractivity contribution < 1.29 is 0 Å². The molecule has 29 heavy (non-hydrogen) atoms. The minimum Gasteiger partial charge on any atom is -0.308 e. The summed E-state index contributed by atoms with van der Waals surface area (Å²) in [5.41, 5.74) is 9.85. The standard InChI is InChI=1S/C26H23N3/c1-14(2)9-17-12-20-23-24(28-13-27-20)19-11-15(3)10-16(4)25(19)29-21-8-6-5-7-18(21)22(17)26(23)29/h5-8,10-14H,9H2,1-4H3. The molecule has 0 radical (unpaired) electrons. The van der Waals surface area contributed by atoms with Gasteiger partial charge in [0.05, 0.1) is 33.0 Å². The van der Waals surface area contributed by atoms with Gasteiger partial charge in [-0.2, -0.15) is 0 Å². The Morgan fingerprint density at radius 3 is 2.55 bits per heavy atom. The Balaban J connectivity index is 2.05. The lowest BCUT2D eigenvalue weighted by Crippen LogP contribution is -2.00. The molecule has 3 heterocycles. The largest absolute Gasteiger partial charge is 0.308 e. The van der Waals surface area contributed by atoms with Gasteiger partial charge in [-0.05, 0) is 55.5 Å². The van der Waals surface area contributed by atoms with Crippen LogP contribution >= 0.6 is 0 Å². The number of nitrogens with zero attached hydrogens (tertiary/aromatic N) is 3. The zero-order chi connectivity index (χ0) is 19.9. The number of hydrogen-bond donors (Lipinski definition) is 0. The van der Waals surface area contributed by atoms with Crippen LogP contribution in [0.15, 0.2) is 48.8 Å². The highest BCUT2D eigenvalue weighted by Crippen LogP contribution is 2.42. The number of aromatic nitrogens is 3. The summed E-state index contributed by atoms with van der Waals surface area (Å²) in [6.45, 7) is 8.95. The van der Waals surface area contributed by atoms with E-state index in [4.69, 9.17) is 9.97 Å². The van der Waals surface area contributed by atoms with Crippen LogP contribution < -0.4 is 0 Å². The fourth-order valence-corrected chi connectivity index (χ4v) is 5.26. The molecule has 3 nitrogen and oxygen atoms in total. The fraction of sp³-hybridized carbons (Fsp3) is 0.231. The van der Waals surface area contributed by atoms with Gasteiger partial charge in [-0.1, -0.05) is 43.7 Å². The average molecular weight is 377 g/mol. The molecule has 0 aliphatic carbocycles. The molecule has 0 spiro atoms. The normalized spacial score (nSPS) is 12.6. The summed E-state index contributed by atoms with van der Waals surface area (Å²) in [6, 6.07) is 15.7. The van der Waals surface area contributed by atoms with Crippen LogP contribution in [0.5, 0.6) is 0 Å². The quantitative estimate of drug-likeness (QED) is 0.251. The first kappa shape index (κ1) is 16.7. The minimum absolute atomic E-state index is 0.582. The molecule has 0 amide bonds. The van der Waals surface area contributed by atoms with E-state index >= 15 is 0 Å². The van der Waals surface area contributed by atoms with Crippen molar-refractivity contribution in [1.82, 2.24) is 14.4 Å². The van der Waals surface area contributed by atoms with Crippen LogP contribution in [0.25, 0.3) is 49.1 Å². The molecule has 0 bridgehead atoms. The third-order valence-corrected chi connectivity index (χ3v) is 6.17. The predicted molar refractivity (Wildman–Crippen MR) is 122 cm³/mol. The second-order valence-corrected chi connectivity index (χ2v) is 8.80. The third-order valence-electron chi connectivity index (χ3n) is 6.17. The molecule has 0 saturated heterocycles. The highest BCUT2D eigenvalue weighted by Gasteiger charge is 2.22. The lowest BCUT2D eigenvalue weighted by molar-refractivity contribution is 0.650. The smallest absolute Gasteiger partial charge is 0.116 e. The molecule has 142 valence electrons. The molecule has 0 fully saturated rings. The highest BCUT2D eigenvalue weighted by atomic mass is 14.9. The monoisotopic (exact) mass is 377 g/mol. The van der Waals surface area contributed by atoms with Gasteiger partial charge in [0.1, 0.15) is 6.33 Å². The highest BCUT2D eigenvalue weighted by molar-refractivity contribution is 6.28. The molecule has 0 saturated carbocycles. The van der Waals surface area contributed by atoms with E-state index in [1.165, 1.54) is 54.8 Å². The fourth-order valence-electron chi connectivity index (χ4n) is 5.26. The SMILES string of the molecule is Cc1cc(C)c2c(c1)c1ncnc3cc(CC(C)C)c4c5ccccc5n2c4c31. The minimum atomic E-state index is 0.582. The van der Waals surface area contributed by atoms with Gasteiger partial charge in [0.2, 0.25) is 0 Å². The van der Waals surface area contributed by atoms with Gasteiger partial charge < -0.3 is 4.40 Å². The zero-order valence-electron chi connectivity index (χ0n) is 17.2. The molecule has 6 rings (SSSR count). The summed E-state index contributed by atoms with van der Waals surface area (Å²) in [4.78, 5) is 9.48. The van der Waals surface area contributed by atoms with Crippen molar-refractivity contribution in [2.24, 2.45) is 5.92 Å². The third kappa shape index (κ3) is 2.13. The second-order valence-electron chi connectivity index (χ2n) is 8.80. The molecule has 0 unspecified atom stereocenters. The lowest BCUT2D eigenvalue weighted by Gasteiger charge is -2.16. The van der Waals surface area contributed by atoms with Gasteiger partial charge in [0.25, 0.3) is 0 Å². The van der Waals surface area contributed by atoms with E-state index in [-0.39, 0.29) is 0 Å². The maximum atomic E-state index is 4.78. The summed E-state index contributed by atoms with van der Waals surface area (Å²) in [7, 11) is 0. The van der Waals surface area contributed by atoms with Crippen molar-refractivity contribution in [3.05, 3.63) is 65.5 Å². The van der Waals surface area contributed by atoms with Crippen LogP contribution in [-0.4, -0.2) is 14.4 Å². The summed E-state index contributed by atoms with van der Waals surface area (Å²) in [6.07, 6.45) is 2.77.